The zero-order valence-electron chi connectivity index (χ0n) is 17.7. The van der Waals surface area contributed by atoms with E-state index >= 15 is 0 Å². The van der Waals surface area contributed by atoms with Gasteiger partial charge in [0, 0.05) is 38.8 Å². The monoisotopic (exact) mass is 442 g/mol. The van der Waals surface area contributed by atoms with Crippen LogP contribution < -0.4 is 4.74 Å². The van der Waals surface area contributed by atoms with Crippen LogP contribution >= 0.6 is 24.4 Å². The van der Waals surface area contributed by atoms with Crippen molar-refractivity contribution in [3.63, 3.8) is 0 Å². The Hall–Kier alpha value is -2.36. The molecule has 4 rings (SSSR count). The van der Waals surface area contributed by atoms with Gasteiger partial charge in [-0.2, -0.15) is 5.10 Å². The number of fused-ring (bicyclic) bond motifs is 1. The second-order valence-electron chi connectivity index (χ2n) is 7.56. The topological polar surface area (TPSA) is 62.2 Å². The third kappa shape index (κ3) is 3.84. The molecule has 0 radical (unpaired) electrons. The van der Waals surface area contributed by atoms with Gasteiger partial charge in [-0.25, -0.2) is 4.98 Å². The maximum absolute atomic E-state index is 5.89. The zero-order valence-corrected chi connectivity index (χ0v) is 19.4. The van der Waals surface area contributed by atoms with Crippen LogP contribution in [0.2, 0.25) is 0 Å². The molecule has 1 aliphatic heterocycles. The van der Waals surface area contributed by atoms with E-state index in [9.17, 15) is 0 Å². The molecular formula is C21H26N6OS2. The molecule has 1 fully saturated rings. The van der Waals surface area contributed by atoms with Crippen molar-refractivity contribution in [3.05, 3.63) is 34.1 Å². The van der Waals surface area contributed by atoms with Crippen molar-refractivity contribution in [2.24, 2.45) is 7.05 Å². The van der Waals surface area contributed by atoms with Gasteiger partial charge in [-0.05, 0) is 39.1 Å². The second-order valence-corrected chi connectivity index (χ2v) is 8.36. The summed E-state index contributed by atoms with van der Waals surface area (Å²) in [7, 11) is 4.01. The molecule has 3 heterocycles. The third-order valence-corrected chi connectivity index (χ3v) is 6.22. The number of piperazine rings is 1. The number of thiocarbonyl (C=S) groups is 1. The van der Waals surface area contributed by atoms with E-state index in [1.165, 1.54) is 0 Å². The van der Waals surface area contributed by atoms with Gasteiger partial charge in [0.2, 0.25) is 0 Å². The van der Waals surface area contributed by atoms with E-state index in [-0.39, 0.29) is 0 Å². The number of rotatable bonds is 4. The van der Waals surface area contributed by atoms with E-state index in [1.807, 2.05) is 33.0 Å². The molecule has 158 valence electrons. The highest BCUT2D eigenvalue weighted by Crippen LogP contribution is 2.31. The first-order chi connectivity index (χ1) is 14.4. The number of nitrogens with one attached hydrogen (secondary N) is 1. The lowest BCUT2D eigenvalue weighted by Gasteiger charge is -2.34. The molecule has 3 aromatic rings. The van der Waals surface area contributed by atoms with Gasteiger partial charge in [0.05, 0.1) is 17.9 Å². The summed E-state index contributed by atoms with van der Waals surface area (Å²) in [4.78, 5) is 13.5. The summed E-state index contributed by atoms with van der Waals surface area (Å²) >= 11 is 11.4. The van der Waals surface area contributed by atoms with Gasteiger partial charge in [0.1, 0.15) is 32.2 Å². The smallest absolute Gasteiger partial charge is 0.142 e. The first-order valence-electron chi connectivity index (χ1n) is 10.1. The highest BCUT2D eigenvalue weighted by atomic mass is 32.1. The minimum atomic E-state index is 0.560. The fourth-order valence-corrected chi connectivity index (χ4v) is 4.43. The predicted octanol–water partition coefficient (Wildman–Crippen LogP) is 3.32. The number of aromatic amines is 1. The number of benzene rings is 1. The largest absolute Gasteiger partial charge is 0.493 e. The summed E-state index contributed by atoms with van der Waals surface area (Å²) in [6.45, 7) is 8.35. The minimum Gasteiger partial charge on any atom is -0.493 e. The molecule has 0 aliphatic carbocycles. The first-order valence-corrected chi connectivity index (χ1v) is 10.9. The van der Waals surface area contributed by atoms with Gasteiger partial charge in [0.25, 0.3) is 0 Å². The molecule has 30 heavy (non-hydrogen) atoms. The zero-order chi connectivity index (χ0) is 21.4. The van der Waals surface area contributed by atoms with E-state index in [2.05, 4.69) is 33.0 Å². The van der Waals surface area contributed by atoms with Crippen molar-refractivity contribution < 1.29 is 4.74 Å². The number of likely N-dealkylation sites (N-methyl/N-ethyl adjacent to an activating group) is 1. The summed E-state index contributed by atoms with van der Waals surface area (Å²) in [5, 5.41) is 4.46. The highest BCUT2D eigenvalue weighted by Gasteiger charge is 2.20. The fraction of sp³-hybridized carbons (Fsp3) is 0.429. The average Bonchev–Trinajstić information content (AvgIpc) is 3.02. The van der Waals surface area contributed by atoms with E-state index in [1.54, 1.807) is 4.68 Å². The van der Waals surface area contributed by atoms with E-state index in [0.717, 1.165) is 64.8 Å². The van der Waals surface area contributed by atoms with Crippen molar-refractivity contribution in [2.75, 3.05) is 39.8 Å². The number of ether oxygens (including phenoxy) is 1. The lowest BCUT2D eigenvalue weighted by atomic mass is 10.1. The summed E-state index contributed by atoms with van der Waals surface area (Å²) in [5.41, 5.74) is 4.30. The first kappa shape index (κ1) is 20.9. The molecule has 9 heteroatoms. The number of H-pyrrole nitrogens is 1. The molecule has 0 atom stereocenters. The van der Waals surface area contributed by atoms with Crippen LogP contribution in [0.4, 0.5) is 0 Å². The lowest BCUT2D eigenvalue weighted by Crippen LogP contribution is -2.46. The molecule has 2 aromatic heterocycles. The van der Waals surface area contributed by atoms with Crippen molar-refractivity contribution in [1.29, 1.82) is 0 Å². The average molecular weight is 443 g/mol. The van der Waals surface area contributed by atoms with Crippen molar-refractivity contribution in [3.8, 4) is 17.1 Å². The quantitative estimate of drug-likeness (QED) is 0.622. The van der Waals surface area contributed by atoms with Crippen LogP contribution in [0.3, 0.4) is 0 Å². The van der Waals surface area contributed by atoms with Crippen LogP contribution in [0.25, 0.3) is 22.4 Å². The maximum atomic E-state index is 5.89. The molecule has 0 saturated carbocycles. The van der Waals surface area contributed by atoms with Gasteiger partial charge in [-0.15, -0.1) is 0 Å². The number of aryl methyl sites for hydroxylation is 2. The molecule has 7 nitrogen and oxygen atoms in total. The van der Waals surface area contributed by atoms with Gasteiger partial charge in [-0.1, -0.05) is 24.4 Å². The van der Waals surface area contributed by atoms with E-state index in [0.29, 0.717) is 17.1 Å². The second kappa shape index (κ2) is 8.41. The van der Waals surface area contributed by atoms with Crippen LogP contribution in [-0.4, -0.2) is 74.4 Å². The molecule has 1 N–H and O–H groups in total. The molecular weight excluding hydrogens is 416 g/mol. The third-order valence-electron chi connectivity index (χ3n) is 5.43. The molecule has 0 bridgehead atoms. The van der Waals surface area contributed by atoms with Gasteiger partial charge < -0.3 is 19.5 Å². The van der Waals surface area contributed by atoms with Crippen molar-refractivity contribution in [1.82, 2.24) is 29.5 Å². The molecule has 0 spiro atoms. The van der Waals surface area contributed by atoms with Gasteiger partial charge in [-0.3, -0.25) is 4.68 Å². The van der Waals surface area contributed by atoms with Crippen LogP contribution in [0.15, 0.2) is 18.2 Å². The number of hydrogen-bond acceptors (Lipinski definition) is 6. The lowest BCUT2D eigenvalue weighted by molar-refractivity contribution is 0.218. The number of aromatic nitrogens is 4. The maximum Gasteiger partial charge on any atom is 0.142 e. The summed E-state index contributed by atoms with van der Waals surface area (Å²) in [6, 6.07) is 6.05. The SMILES string of the molecule is CCOc1ccc(C(=S)N2CCN(C)CC2)cc1-c1nc2c(C)nn(C)c2c(=S)[nH]1. The van der Waals surface area contributed by atoms with Crippen LogP contribution in [0.1, 0.15) is 18.2 Å². The standard InChI is InChI=1S/C21H26N6OS2/c1-5-28-16-7-6-14(21(30)27-10-8-25(3)9-11-27)12-15(16)19-22-17-13(2)24-26(4)18(17)20(29)23-19/h6-7,12H,5,8-11H2,1-4H3,(H,22,23,29). The van der Waals surface area contributed by atoms with E-state index < -0.39 is 0 Å². The van der Waals surface area contributed by atoms with E-state index in [4.69, 9.17) is 34.2 Å². The molecule has 0 amide bonds. The minimum absolute atomic E-state index is 0.560. The Kier molecular flexibility index (Phi) is 5.86. The predicted molar refractivity (Wildman–Crippen MR) is 126 cm³/mol. The Balaban J connectivity index is 1.79. The van der Waals surface area contributed by atoms with Crippen LogP contribution in [-0.2, 0) is 7.05 Å². The Morgan fingerprint density at radius 1 is 1.20 bits per heavy atom. The normalized spacial score (nSPS) is 15.0. The Labute approximate surface area is 186 Å². The number of nitrogens with zero attached hydrogens (tertiary/aromatic N) is 5. The number of hydrogen-bond donors (Lipinski definition) is 1. The molecule has 1 aliphatic rings. The van der Waals surface area contributed by atoms with Gasteiger partial charge >= 0.3 is 0 Å². The Morgan fingerprint density at radius 3 is 2.63 bits per heavy atom. The fourth-order valence-electron chi connectivity index (χ4n) is 3.79. The summed E-state index contributed by atoms with van der Waals surface area (Å²) in [6.07, 6.45) is 0. The Bertz CT molecular complexity index is 1160. The van der Waals surface area contributed by atoms with Crippen molar-refractivity contribution >= 4 is 40.5 Å². The van der Waals surface area contributed by atoms with Crippen molar-refractivity contribution in [2.45, 2.75) is 13.8 Å². The molecule has 1 aromatic carbocycles. The molecule has 0 unspecified atom stereocenters. The molecule has 1 saturated heterocycles. The summed E-state index contributed by atoms with van der Waals surface area (Å²) < 4.78 is 8.27. The Morgan fingerprint density at radius 2 is 1.93 bits per heavy atom. The highest BCUT2D eigenvalue weighted by molar-refractivity contribution is 7.80. The summed E-state index contributed by atoms with van der Waals surface area (Å²) in [5.74, 6) is 1.41. The van der Waals surface area contributed by atoms with Crippen LogP contribution in [0, 0.1) is 11.6 Å². The van der Waals surface area contributed by atoms with Gasteiger partial charge in [0.15, 0.2) is 0 Å². The van der Waals surface area contributed by atoms with Crippen LogP contribution in [0.5, 0.6) is 5.75 Å².